The molecule has 3 rings (SSSR count). The number of β-lactam (4-membered cyclic amide) rings is 1. The molecule has 0 bridgehead atoms. The van der Waals surface area contributed by atoms with Gasteiger partial charge in [0.1, 0.15) is 17.8 Å². The second kappa shape index (κ2) is 8.56. The van der Waals surface area contributed by atoms with Crippen molar-refractivity contribution in [3.05, 3.63) is 28.2 Å². The molecule has 0 aromatic carbocycles. The molecule has 2 unspecified atom stereocenters. The van der Waals surface area contributed by atoms with Crippen LogP contribution in [-0.2, 0) is 31.3 Å². The van der Waals surface area contributed by atoms with Crippen molar-refractivity contribution in [2.45, 2.75) is 38.1 Å². The first-order valence-corrected chi connectivity index (χ1v) is 11.5. The summed E-state index contributed by atoms with van der Waals surface area (Å²) in [6.45, 7) is 2.17. The lowest BCUT2D eigenvalue weighted by Crippen LogP contribution is -2.78. The Kier molecular flexibility index (Phi) is 6.31. The van der Waals surface area contributed by atoms with Gasteiger partial charge in [0.25, 0.3) is 11.8 Å². The van der Waals surface area contributed by atoms with Gasteiger partial charge in [-0.2, -0.15) is 13.1 Å². The lowest BCUT2D eigenvalue weighted by Gasteiger charge is -2.50. The smallest absolute Gasteiger partial charge is 0.362 e. The normalized spacial score (nSPS) is 22.5. The van der Waals surface area contributed by atoms with Crippen LogP contribution in [0.2, 0.25) is 0 Å². The number of hydrogen-bond acceptors (Lipinski definition) is 12. The minimum atomic E-state index is -4.82. The van der Waals surface area contributed by atoms with Gasteiger partial charge in [-0.3, -0.25) is 23.9 Å². The molecule has 180 valence electrons. The molecule has 2 aliphatic rings. The molecular weight excluding hydrogens is 484 g/mol. The fourth-order valence-electron chi connectivity index (χ4n) is 3.22. The second-order valence-electron chi connectivity index (χ2n) is 7.54. The number of amidine groups is 1. The SMILES string of the molecule is CC1(C)C(NC(=O)C(=NOCc2cc(=O)c(O)cn2O)C2CSC(N)=N2)C(=O)N1S(=O)(=O)O. The zero-order valence-corrected chi connectivity index (χ0v) is 18.8. The van der Waals surface area contributed by atoms with Crippen molar-refractivity contribution in [2.24, 2.45) is 15.9 Å². The van der Waals surface area contributed by atoms with E-state index in [0.717, 1.165) is 24.0 Å². The van der Waals surface area contributed by atoms with Crippen LogP contribution in [0.4, 0.5) is 0 Å². The van der Waals surface area contributed by atoms with Gasteiger partial charge in [0.15, 0.2) is 23.2 Å². The maximum atomic E-state index is 12.9. The Labute approximate surface area is 190 Å². The highest BCUT2D eigenvalue weighted by Crippen LogP contribution is 2.34. The quantitative estimate of drug-likeness (QED) is 0.0897. The van der Waals surface area contributed by atoms with Crippen LogP contribution in [0.1, 0.15) is 19.5 Å². The zero-order valence-electron chi connectivity index (χ0n) is 17.2. The fraction of sp³-hybridized carbons (Fsp3) is 0.438. The Morgan fingerprint density at radius 2 is 2.12 bits per heavy atom. The van der Waals surface area contributed by atoms with Gasteiger partial charge in [-0.25, -0.2) is 4.31 Å². The molecule has 3 heterocycles. The highest BCUT2D eigenvalue weighted by molar-refractivity contribution is 8.14. The number of nitrogens with zero attached hydrogens (tertiary/aromatic N) is 4. The monoisotopic (exact) mass is 504 g/mol. The lowest BCUT2D eigenvalue weighted by atomic mass is 9.85. The summed E-state index contributed by atoms with van der Waals surface area (Å²) >= 11 is 1.14. The summed E-state index contributed by atoms with van der Waals surface area (Å²) in [4.78, 5) is 45.8. The van der Waals surface area contributed by atoms with E-state index in [-0.39, 0.29) is 26.6 Å². The Morgan fingerprint density at radius 3 is 2.67 bits per heavy atom. The third-order valence-corrected chi connectivity index (χ3v) is 6.86. The topological polar surface area (TPSA) is 226 Å². The van der Waals surface area contributed by atoms with E-state index >= 15 is 0 Å². The molecule has 15 nitrogen and oxygen atoms in total. The number of hydrogen-bond donors (Lipinski definition) is 5. The number of thioether (sulfide) groups is 1. The first kappa shape index (κ1) is 24.3. The molecule has 0 spiro atoms. The number of aromatic nitrogens is 1. The van der Waals surface area contributed by atoms with Gasteiger partial charge in [-0.15, -0.1) is 0 Å². The van der Waals surface area contributed by atoms with E-state index in [2.05, 4.69) is 15.5 Å². The minimum absolute atomic E-state index is 0.0933. The van der Waals surface area contributed by atoms with Crippen molar-refractivity contribution < 1.29 is 37.7 Å². The number of carbonyl (C=O) groups excluding carboxylic acids is 2. The van der Waals surface area contributed by atoms with Crippen LogP contribution in [0.15, 0.2) is 27.2 Å². The summed E-state index contributed by atoms with van der Waals surface area (Å²) in [5.74, 6) is -2.42. The van der Waals surface area contributed by atoms with E-state index in [9.17, 15) is 37.7 Å². The van der Waals surface area contributed by atoms with Crippen LogP contribution < -0.4 is 16.5 Å². The van der Waals surface area contributed by atoms with E-state index in [1.54, 1.807) is 0 Å². The van der Waals surface area contributed by atoms with Crippen molar-refractivity contribution >= 4 is 44.8 Å². The Hall–Kier alpha value is -3.31. The van der Waals surface area contributed by atoms with Crippen molar-refractivity contribution in [2.75, 3.05) is 5.75 Å². The highest BCUT2D eigenvalue weighted by Gasteiger charge is 2.60. The maximum Gasteiger partial charge on any atom is 0.362 e. The first-order chi connectivity index (χ1) is 15.2. The average Bonchev–Trinajstić information content (AvgIpc) is 3.11. The largest absolute Gasteiger partial charge is 0.503 e. The molecule has 1 aromatic heterocycles. The highest BCUT2D eigenvalue weighted by atomic mass is 32.2. The number of rotatable bonds is 7. The number of carbonyl (C=O) groups is 2. The predicted octanol–water partition coefficient (Wildman–Crippen LogP) is -2.00. The molecule has 0 radical (unpaired) electrons. The molecule has 33 heavy (non-hydrogen) atoms. The zero-order chi connectivity index (χ0) is 24.7. The van der Waals surface area contributed by atoms with Gasteiger partial charge in [0.05, 0.1) is 11.7 Å². The third kappa shape index (κ3) is 4.74. The van der Waals surface area contributed by atoms with E-state index in [1.165, 1.54) is 13.8 Å². The van der Waals surface area contributed by atoms with E-state index in [1.807, 2.05) is 0 Å². The predicted molar refractivity (Wildman–Crippen MR) is 114 cm³/mol. The first-order valence-electron chi connectivity index (χ1n) is 9.15. The van der Waals surface area contributed by atoms with Gasteiger partial charge in [-0.1, -0.05) is 16.9 Å². The molecule has 0 aliphatic carbocycles. The van der Waals surface area contributed by atoms with Crippen molar-refractivity contribution in [3.8, 4) is 5.75 Å². The summed E-state index contributed by atoms with van der Waals surface area (Å²) < 4.78 is 32.7. The third-order valence-electron chi connectivity index (χ3n) is 4.87. The second-order valence-corrected chi connectivity index (χ2v) is 9.84. The summed E-state index contributed by atoms with van der Waals surface area (Å²) in [6, 6.07) is -1.26. The van der Waals surface area contributed by atoms with Crippen molar-refractivity contribution in [1.29, 1.82) is 0 Å². The molecule has 6 N–H and O–H groups in total. The number of pyridine rings is 1. The molecule has 17 heteroatoms. The van der Waals surface area contributed by atoms with Gasteiger partial charge >= 0.3 is 10.3 Å². The lowest BCUT2D eigenvalue weighted by molar-refractivity contribution is -0.151. The summed E-state index contributed by atoms with van der Waals surface area (Å²) in [6.07, 6.45) is 0.752. The summed E-state index contributed by atoms with van der Waals surface area (Å²) in [5, 5.41) is 25.3. The van der Waals surface area contributed by atoms with Crippen LogP contribution >= 0.6 is 11.8 Å². The van der Waals surface area contributed by atoms with Gasteiger partial charge in [0.2, 0.25) is 5.43 Å². The van der Waals surface area contributed by atoms with Gasteiger partial charge in [0, 0.05) is 11.8 Å². The van der Waals surface area contributed by atoms with E-state index in [0.29, 0.717) is 4.73 Å². The number of nitrogens with two attached hydrogens (primary N) is 1. The van der Waals surface area contributed by atoms with Crippen LogP contribution in [-0.4, -0.2) is 78.4 Å². The van der Waals surface area contributed by atoms with Crippen LogP contribution in [0, 0.1) is 0 Å². The Morgan fingerprint density at radius 1 is 1.45 bits per heavy atom. The summed E-state index contributed by atoms with van der Waals surface area (Å²) in [5.41, 5.74) is 3.00. The minimum Gasteiger partial charge on any atom is -0.503 e. The molecular formula is C16H20N6O9S2. The molecule has 2 atom stereocenters. The Balaban J connectivity index is 1.80. The van der Waals surface area contributed by atoms with Crippen LogP contribution in [0.5, 0.6) is 5.75 Å². The molecule has 0 saturated carbocycles. The van der Waals surface area contributed by atoms with E-state index < -0.39 is 57.5 Å². The molecule has 1 saturated heterocycles. The summed E-state index contributed by atoms with van der Waals surface area (Å²) in [7, 11) is -4.82. The van der Waals surface area contributed by atoms with Crippen LogP contribution in [0.25, 0.3) is 0 Å². The number of nitrogens with one attached hydrogen (secondary N) is 1. The molecule has 1 fully saturated rings. The van der Waals surface area contributed by atoms with Crippen molar-refractivity contribution in [3.63, 3.8) is 0 Å². The average molecular weight is 505 g/mol. The molecule has 2 aliphatic heterocycles. The number of oxime groups is 1. The van der Waals surface area contributed by atoms with Gasteiger partial charge < -0.3 is 26.2 Å². The number of amides is 2. The standard InChI is InChI=1S/C16H20N6O9S2/c1-16(2)12(14(26)22(16)33(28,29)30)19-13(25)11(8-6-32-15(17)18-8)20-31-5-7-3-9(23)10(24)4-21(7)27/h3-4,8,12,24,27H,5-6H2,1-2H3,(H2,17,18)(H,19,25)(H,28,29,30). The Bertz CT molecular complexity index is 1220. The molecule has 1 aromatic rings. The van der Waals surface area contributed by atoms with Crippen molar-refractivity contribution in [1.82, 2.24) is 14.4 Å². The number of aromatic hydroxyl groups is 1. The van der Waals surface area contributed by atoms with Gasteiger partial charge in [-0.05, 0) is 13.8 Å². The fourth-order valence-corrected chi connectivity index (χ4v) is 5.02. The van der Waals surface area contributed by atoms with E-state index in [4.69, 9.17) is 10.6 Å². The number of aliphatic imine (C=N–C) groups is 1. The molecule has 2 amide bonds. The van der Waals surface area contributed by atoms with Crippen LogP contribution in [0.3, 0.4) is 0 Å². The maximum absolute atomic E-state index is 12.9.